The second kappa shape index (κ2) is 6.62. The molecule has 0 radical (unpaired) electrons. The van der Waals surface area contributed by atoms with Crippen molar-refractivity contribution in [2.45, 2.75) is 29.5 Å². The Morgan fingerprint density at radius 1 is 1.19 bits per heavy atom. The number of nitrogens with one attached hydrogen (secondary N) is 1. The summed E-state index contributed by atoms with van der Waals surface area (Å²) in [6, 6.07) is 14.7. The molecule has 2 aromatic rings. The molecule has 1 nitrogen and oxygen atoms in total. The van der Waals surface area contributed by atoms with Crippen molar-refractivity contribution in [1.82, 2.24) is 5.32 Å². The van der Waals surface area contributed by atoms with E-state index >= 15 is 0 Å². The van der Waals surface area contributed by atoms with Gasteiger partial charge >= 0.3 is 0 Å². The van der Waals surface area contributed by atoms with Crippen LogP contribution in [0, 0.1) is 0 Å². The minimum absolute atomic E-state index is 0.367. The van der Waals surface area contributed by atoms with E-state index in [0.29, 0.717) is 11.3 Å². The zero-order valence-electron chi connectivity index (χ0n) is 11.8. The van der Waals surface area contributed by atoms with E-state index in [1.807, 2.05) is 30.0 Å². The quantitative estimate of drug-likeness (QED) is 0.805. The Balaban J connectivity index is 1.87. The van der Waals surface area contributed by atoms with E-state index < -0.39 is 0 Å². The molecular formula is C17H17Cl2NS. The lowest BCUT2D eigenvalue weighted by Crippen LogP contribution is -2.26. The van der Waals surface area contributed by atoms with Gasteiger partial charge in [-0.3, -0.25) is 0 Å². The first-order chi connectivity index (χ1) is 10.2. The molecule has 0 amide bonds. The molecule has 0 aromatic heterocycles. The van der Waals surface area contributed by atoms with Gasteiger partial charge in [0.1, 0.15) is 0 Å². The van der Waals surface area contributed by atoms with Gasteiger partial charge in [-0.05, 0) is 42.3 Å². The zero-order valence-corrected chi connectivity index (χ0v) is 14.1. The van der Waals surface area contributed by atoms with Crippen LogP contribution in [0.4, 0.5) is 0 Å². The normalized spacial score (nSPS) is 20.5. The maximum absolute atomic E-state index is 6.31. The highest BCUT2D eigenvalue weighted by Crippen LogP contribution is 2.43. The van der Waals surface area contributed by atoms with Crippen LogP contribution in [0.25, 0.3) is 0 Å². The van der Waals surface area contributed by atoms with Gasteiger partial charge in [-0.25, -0.2) is 0 Å². The fourth-order valence-electron chi connectivity index (χ4n) is 2.86. The minimum atomic E-state index is 0.367. The number of rotatable bonds is 4. The van der Waals surface area contributed by atoms with E-state index in [9.17, 15) is 0 Å². The molecule has 3 rings (SSSR count). The third kappa shape index (κ3) is 3.24. The molecule has 0 spiro atoms. The summed E-state index contributed by atoms with van der Waals surface area (Å²) in [7, 11) is 0. The Bertz CT molecular complexity index is 644. The van der Waals surface area contributed by atoms with Crippen molar-refractivity contribution in [2.75, 3.05) is 6.54 Å². The molecule has 2 unspecified atom stereocenters. The highest BCUT2D eigenvalue weighted by molar-refractivity contribution is 8.00. The molecule has 21 heavy (non-hydrogen) atoms. The molecule has 0 bridgehead atoms. The Kier molecular flexibility index (Phi) is 4.80. The molecule has 110 valence electrons. The van der Waals surface area contributed by atoms with E-state index in [-0.39, 0.29) is 0 Å². The summed E-state index contributed by atoms with van der Waals surface area (Å²) in [5, 5.41) is 5.56. The van der Waals surface area contributed by atoms with Crippen molar-refractivity contribution in [2.24, 2.45) is 0 Å². The maximum Gasteiger partial charge on any atom is 0.0543 e. The summed E-state index contributed by atoms with van der Waals surface area (Å²) in [6.07, 6.45) is 1.06. The summed E-state index contributed by atoms with van der Waals surface area (Å²) < 4.78 is 0. The minimum Gasteiger partial charge on any atom is -0.309 e. The lowest BCUT2D eigenvalue weighted by atomic mass is 10.1. The van der Waals surface area contributed by atoms with Crippen LogP contribution in [0.3, 0.4) is 0 Å². The third-order valence-corrected chi connectivity index (χ3v) is 5.79. The van der Waals surface area contributed by atoms with Gasteiger partial charge in [-0.15, -0.1) is 11.8 Å². The third-order valence-electron chi connectivity index (χ3n) is 3.78. The predicted molar refractivity (Wildman–Crippen MR) is 92.7 cm³/mol. The summed E-state index contributed by atoms with van der Waals surface area (Å²) in [6.45, 7) is 3.11. The van der Waals surface area contributed by atoms with E-state index in [0.717, 1.165) is 27.9 Å². The molecule has 2 aromatic carbocycles. The van der Waals surface area contributed by atoms with Gasteiger partial charge in [0.05, 0.1) is 5.02 Å². The standard InChI is InChI=1S/C17H17Cl2NS/c1-2-20-17-13-6-4-3-5-11(13)9-16(17)21-15-10-12(18)7-8-14(15)19/h3-8,10,16-17,20H,2,9H2,1H3. The Labute approximate surface area is 140 Å². The van der Waals surface area contributed by atoms with Gasteiger partial charge in [0.15, 0.2) is 0 Å². The van der Waals surface area contributed by atoms with Crippen molar-refractivity contribution in [3.05, 3.63) is 63.6 Å². The van der Waals surface area contributed by atoms with Gasteiger partial charge in [0, 0.05) is 21.2 Å². The monoisotopic (exact) mass is 337 g/mol. The van der Waals surface area contributed by atoms with E-state index in [4.69, 9.17) is 23.2 Å². The lowest BCUT2D eigenvalue weighted by molar-refractivity contribution is 0.560. The molecule has 1 aliphatic carbocycles. The molecule has 0 aliphatic heterocycles. The average molecular weight is 338 g/mol. The lowest BCUT2D eigenvalue weighted by Gasteiger charge is -2.21. The van der Waals surface area contributed by atoms with Crippen LogP contribution in [0.15, 0.2) is 47.4 Å². The average Bonchev–Trinajstić information content (AvgIpc) is 2.81. The highest BCUT2D eigenvalue weighted by atomic mass is 35.5. The number of hydrogen-bond acceptors (Lipinski definition) is 2. The van der Waals surface area contributed by atoms with E-state index in [1.165, 1.54) is 11.1 Å². The molecule has 0 fully saturated rings. The van der Waals surface area contributed by atoms with Crippen LogP contribution < -0.4 is 5.32 Å². The van der Waals surface area contributed by atoms with Crippen LogP contribution in [-0.2, 0) is 6.42 Å². The first kappa shape index (κ1) is 15.2. The first-order valence-electron chi connectivity index (χ1n) is 7.12. The Hall–Kier alpha value is -0.670. The first-order valence-corrected chi connectivity index (χ1v) is 8.75. The largest absolute Gasteiger partial charge is 0.309 e. The number of thioether (sulfide) groups is 1. The number of halogens is 2. The van der Waals surface area contributed by atoms with Crippen molar-refractivity contribution >= 4 is 35.0 Å². The molecule has 1 N–H and O–H groups in total. The second-order valence-electron chi connectivity index (χ2n) is 5.17. The number of fused-ring (bicyclic) bond motifs is 1. The predicted octanol–water partition coefficient (Wildman–Crippen LogP) is 5.36. The van der Waals surface area contributed by atoms with Crippen LogP contribution in [0.5, 0.6) is 0 Å². The van der Waals surface area contributed by atoms with Gasteiger partial charge in [0.25, 0.3) is 0 Å². The van der Waals surface area contributed by atoms with Crippen molar-refractivity contribution in [3.8, 4) is 0 Å². The van der Waals surface area contributed by atoms with Crippen LogP contribution in [0.2, 0.25) is 10.0 Å². The van der Waals surface area contributed by atoms with E-state index in [1.54, 1.807) is 0 Å². The molecule has 1 aliphatic rings. The molecule has 4 heteroatoms. The molecular weight excluding hydrogens is 321 g/mol. The molecule has 0 saturated heterocycles. The Morgan fingerprint density at radius 3 is 2.81 bits per heavy atom. The second-order valence-corrected chi connectivity index (χ2v) is 7.29. The maximum atomic E-state index is 6.31. The summed E-state index contributed by atoms with van der Waals surface area (Å²) in [5.74, 6) is 0. The van der Waals surface area contributed by atoms with E-state index in [2.05, 4.69) is 36.5 Å². The van der Waals surface area contributed by atoms with Crippen molar-refractivity contribution in [1.29, 1.82) is 0 Å². The summed E-state index contributed by atoms with van der Waals surface area (Å²) in [5.41, 5.74) is 2.84. The van der Waals surface area contributed by atoms with Crippen LogP contribution in [0.1, 0.15) is 24.1 Å². The smallest absolute Gasteiger partial charge is 0.0543 e. The van der Waals surface area contributed by atoms with Gasteiger partial charge < -0.3 is 5.32 Å². The molecule has 0 saturated carbocycles. The van der Waals surface area contributed by atoms with Gasteiger partial charge in [-0.1, -0.05) is 54.4 Å². The van der Waals surface area contributed by atoms with Crippen LogP contribution >= 0.6 is 35.0 Å². The SMILES string of the molecule is CCNC1c2ccccc2CC1Sc1cc(Cl)ccc1Cl. The highest BCUT2D eigenvalue weighted by Gasteiger charge is 2.32. The van der Waals surface area contributed by atoms with Crippen molar-refractivity contribution < 1.29 is 0 Å². The Morgan fingerprint density at radius 2 is 2.00 bits per heavy atom. The number of benzene rings is 2. The molecule has 0 heterocycles. The topological polar surface area (TPSA) is 12.0 Å². The van der Waals surface area contributed by atoms with Crippen molar-refractivity contribution in [3.63, 3.8) is 0 Å². The number of hydrogen-bond donors (Lipinski definition) is 1. The van der Waals surface area contributed by atoms with Gasteiger partial charge in [-0.2, -0.15) is 0 Å². The molecule has 2 atom stereocenters. The van der Waals surface area contributed by atoms with Crippen LogP contribution in [-0.4, -0.2) is 11.8 Å². The summed E-state index contributed by atoms with van der Waals surface area (Å²) in [4.78, 5) is 1.06. The zero-order chi connectivity index (χ0) is 14.8. The van der Waals surface area contributed by atoms with Gasteiger partial charge in [0.2, 0.25) is 0 Å². The fourth-order valence-corrected chi connectivity index (χ4v) is 4.69. The summed E-state index contributed by atoms with van der Waals surface area (Å²) >= 11 is 14.2. The fraction of sp³-hybridized carbons (Fsp3) is 0.294.